The van der Waals surface area contributed by atoms with Crippen LogP contribution < -0.4 is 9.80 Å². The normalized spacial score (nSPS) is 17.8. The molecule has 2 N–H and O–H groups in total. The van der Waals surface area contributed by atoms with Crippen molar-refractivity contribution in [3.8, 4) is 0 Å². The standard InChI is InChI=1S/C51H66ClN3O7S2.O3S/c1-7-8-30-53(31-15-34-63(57,58)59)41-25-27-44-43(36-41)50(3,4)46(54(44)33-16-35-64(60,61)62)28-23-39-19-14-20-40(49(39)52)24-29-47-51(5,6)48-42-21-12-11-18-38(42)22-26-45(48)55(47)32-13-9-10-17-37(2)56;1-4(2)3/h11-12,18,21-29,36H,7-10,13-17,19-20,30-35H2,1-6H3,(H-,57,58,59,60,61,62);/p+1. The smallest absolute Gasteiger partial charge is 0.371 e. The Balaban J connectivity index is 0.00000208. The molecule has 2 aliphatic heterocycles. The highest BCUT2D eigenvalue weighted by molar-refractivity contribution is 7.86. The third-order valence-electron chi connectivity index (χ3n) is 13.1. The summed E-state index contributed by atoms with van der Waals surface area (Å²) in [5.74, 6) is -0.437. The maximum atomic E-state index is 11.8. The van der Waals surface area contributed by atoms with Gasteiger partial charge in [0.15, 0.2) is 5.71 Å². The first-order chi connectivity index (χ1) is 32.0. The molecule has 0 aromatic heterocycles. The van der Waals surface area contributed by atoms with Crippen LogP contribution in [0.25, 0.3) is 10.8 Å². The van der Waals surface area contributed by atoms with Crippen molar-refractivity contribution in [2.45, 2.75) is 123 Å². The zero-order valence-corrected chi connectivity index (χ0v) is 43.3. The van der Waals surface area contributed by atoms with Gasteiger partial charge < -0.3 is 14.6 Å². The van der Waals surface area contributed by atoms with Crippen molar-refractivity contribution in [2.75, 3.05) is 47.5 Å². The van der Waals surface area contributed by atoms with E-state index in [1.165, 1.54) is 27.7 Å². The molecule has 0 amide bonds. The number of allylic oxidation sites excluding steroid dienone is 8. The minimum Gasteiger partial charge on any atom is -0.371 e. The molecule has 6 rings (SSSR count). The van der Waals surface area contributed by atoms with Gasteiger partial charge in [0.1, 0.15) is 12.3 Å². The van der Waals surface area contributed by atoms with E-state index in [9.17, 15) is 30.7 Å². The summed E-state index contributed by atoms with van der Waals surface area (Å²) in [4.78, 5) is 16.0. The van der Waals surface area contributed by atoms with Gasteiger partial charge in [-0.25, -0.2) is 0 Å². The van der Waals surface area contributed by atoms with Gasteiger partial charge in [0.05, 0.1) is 16.9 Å². The largest absolute Gasteiger partial charge is 0.425 e. The molecule has 0 radical (unpaired) electrons. The summed E-state index contributed by atoms with van der Waals surface area (Å²) in [6.45, 7) is 15.1. The molecular weight excluding hydrogens is 946 g/mol. The Morgan fingerprint density at radius 3 is 2.19 bits per heavy atom. The van der Waals surface area contributed by atoms with Gasteiger partial charge >= 0.3 is 10.6 Å². The van der Waals surface area contributed by atoms with Gasteiger partial charge in [0, 0.05) is 77.7 Å². The molecule has 0 atom stereocenters. The van der Waals surface area contributed by atoms with Gasteiger partial charge in [0.2, 0.25) is 5.69 Å². The lowest BCUT2D eigenvalue weighted by molar-refractivity contribution is -0.438. The molecule has 17 heteroatoms. The predicted molar refractivity (Wildman–Crippen MR) is 274 cm³/mol. The van der Waals surface area contributed by atoms with Crippen LogP contribution in [-0.2, 0) is 46.5 Å². The lowest BCUT2D eigenvalue weighted by Gasteiger charge is -2.27. The number of ketones is 1. The number of Topliss-reactive ketones (excluding diaryl/α,β-unsaturated/α-hetero) is 1. The van der Waals surface area contributed by atoms with E-state index in [0.29, 0.717) is 25.9 Å². The molecular formula is C51H67ClN3O10S3+. The molecule has 370 valence electrons. The summed E-state index contributed by atoms with van der Waals surface area (Å²) < 4.78 is 93.5. The van der Waals surface area contributed by atoms with Crippen LogP contribution >= 0.6 is 11.6 Å². The molecule has 0 spiro atoms. The number of carbonyl (C=O) groups is 1. The van der Waals surface area contributed by atoms with E-state index in [1.54, 1.807) is 6.92 Å². The first kappa shape index (κ1) is 54.5. The Bertz CT molecular complexity index is 2860. The Morgan fingerprint density at radius 1 is 0.838 bits per heavy atom. The topological polar surface area (TPSA) is 187 Å². The number of nitrogens with zero attached hydrogens (tertiary/aromatic N) is 3. The number of hydrogen-bond donors (Lipinski definition) is 2. The van der Waals surface area contributed by atoms with E-state index in [2.05, 4.69) is 116 Å². The van der Waals surface area contributed by atoms with Gasteiger partial charge in [-0.3, -0.25) is 9.11 Å². The molecule has 3 aromatic rings. The van der Waals surface area contributed by atoms with E-state index in [1.807, 2.05) is 12.1 Å². The first-order valence-corrected chi connectivity index (χ1v) is 28.0. The predicted octanol–water partition coefficient (Wildman–Crippen LogP) is 10.4. The second-order valence-electron chi connectivity index (χ2n) is 18.9. The highest BCUT2D eigenvalue weighted by atomic mass is 35.5. The van der Waals surface area contributed by atoms with Gasteiger partial charge in [0.25, 0.3) is 20.2 Å². The van der Waals surface area contributed by atoms with Crippen LogP contribution in [0.4, 0.5) is 17.1 Å². The molecule has 1 aliphatic carbocycles. The summed E-state index contributed by atoms with van der Waals surface area (Å²) in [5.41, 5.74) is 9.04. The highest BCUT2D eigenvalue weighted by Gasteiger charge is 2.45. The minimum atomic E-state index is -4.16. The Hall–Kier alpha value is -4.45. The fraction of sp³-hybridized carbons (Fsp3) is 0.490. The van der Waals surface area contributed by atoms with Gasteiger partial charge in [-0.05, 0) is 130 Å². The molecule has 0 unspecified atom stereocenters. The van der Waals surface area contributed by atoms with Gasteiger partial charge in [-0.1, -0.05) is 75.2 Å². The average molecular weight is 1010 g/mol. The summed E-state index contributed by atoms with van der Waals surface area (Å²) in [7, 11) is -11.3. The number of benzene rings is 3. The number of anilines is 2. The molecule has 0 saturated heterocycles. The van der Waals surface area contributed by atoms with Crippen molar-refractivity contribution in [1.82, 2.24) is 0 Å². The van der Waals surface area contributed by atoms with E-state index >= 15 is 0 Å². The molecule has 0 bridgehead atoms. The zero-order valence-electron chi connectivity index (χ0n) is 40.1. The number of unbranched alkanes of at least 4 members (excludes halogenated alkanes) is 3. The minimum absolute atomic E-state index is 0.224. The van der Waals surface area contributed by atoms with Crippen molar-refractivity contribution in [1.29, 1.82) is 0 Å². The quantitative estimate of drug-likeness (QED) is 0.0585. The first-order valence-electron chi connectivity index (χ1n) is 23.5. The lowest BCUT2D eigenvalue weighted by atomic mass is 9.79. The van der Waals surface area contributed by atoms with Gasteiger partial charge in [-0.15, -0.1) is 12.6 Å². The second kappa shape index (κ2) is 23.4. The van der Waals surface area contributed by atoms with Crippen LogP contribution in [0, 0.1) is 0 Å². The van der Waals surface area contributed by atoms with Crippen molar-refractivity contribution in [3.63, 3.8) is 0 Å². The Labute approximate surface area is 409 Å². The van der Waals surface area contributed by atoms with Crippen molar-refractivity contribution in [3.05, 3.63) is 112 Å². The summed E-state index contributed by atoms with van der Waals surface area (Å²) >= 11 is 7.35. The fourth-order valence-electron chi connectivity index (χ4n) is 9.83. The van der Waals surface area contributed by atoms with Crippen molar-refractivity contribution >= 4 is 81.8 Å². The van der Waals surface area contributed by atoms with Crippen LogP contribution in [0.5, 0.6) is 0 Å². The number of halogens is 1. The maximum Gasteiger partial charge on any atom is 0.425 e. The Kier molecular flexibility index (Phi) is 18.8. The second-order valence-corrected chi connectivity index (χ2v) is 22.9. The molecule has 0 fully saturated rings. The SMILES string of the molecule is CCCCN(CCCS(=O)(=O)O)c1ccc2c(c1)C(C)(C)C(=CC=C1CCCC(C=CC3=[N+](CCCCCC(C)=O)c4ccc5ccccc5c4C3(C)C)=C1Cl)N2CCCS(=O)(=O)O.O=S(=O)=O. The van der Waals surface area contributed by atoms with Crippen LogP contribution in [0.15, 0.2) is 101 Å². The van der Waals surface area contributed by atoms with Crippen LogP contribution in [0.3, 0.4) is 0 Å². The third kappa shape index (κ3) is 14.1. The molecule has 13 nitrogen and oxygen atoms in total. The molecule has 3 aliphatic rings. The zero-order chi connectivity index (χ0) is 50.0. The number of carbonyl (C=O) groups excluding carboxylic acids is 1. The van der Waals surface area contributed by atoms with Crippen molar-refractivity contribution < 1.29 is 47.9 Å². The molecule has 68 heavy (non-hydrogen) atoms. The van der Waals surface area contributed by atoms with Crippen LogP contribution in [0.1, 0.15) is 123 Å². The summed E-state index contributed by atoms with van der Waals surface area (Å²) in [6, 6.07) is 19.3. The average Bonchev–Trinajstić information content (AvgIpc) is 3.60. The number of rotatable bonds is 21. The van der Waals surface area contributed by atoms with E-state index in [-0.39, 0.29) is 29.1 Å². The third-order valence-corrected chi connectivity index (χ3v) is 15.2. The molecule has 0 saturated carbocycles. The Morgan fingerprint density at radius 2 is 1.51 bits per heavy atom. The fourth-order valence-corrected chi connectivity index (χ4v) is 11.1. The van der Waals surface area contributed by atoms with E-state index < -0.39 is 36.3 Å². The van der Waals surface area contributed by atoms with Crippen LogP contribution in [-0.4, -0.2) is 92.3 Å². The summed E-state index contributed by atoms with van der Waals surface area (Å²) in [5, 5.41) is 3.21. The summed E-state index contributed by atoms with van der Waals surface area (Å²) in [6.07, 6.45) is 17.1. The number of fused-ring (bicyclic) bond motifs is 4. The molecule has 3 aromatic carbocycles. The molecule has 2 heterocycles. The monoisotopic (exact) mass is 1010 g/mol. The number of hydrogen-bond acceptors (Lipinski definition) is 10. The van der Waals surface area contributed by atoms with Crippen molar-refractivity contribution in [2.24, 2.45) is 0 Å². The van der Waals surface area contributed by atoms with E-state index in [0.717, 1.165) is 103 Å². The lowest BCUT2D eigenvalue weighted by Crippen LogP contribution is -2.28. The highest BCUT2D eigenvalue weighted by Crippen LogP contribution is 2.50. The van der Waals surface area contributed by atoms with Gasteiger partial charge in [-0.2, -0.15) is 21.4 Å². The maximum absolute atomic E-state index is 11.8. The van der Waals surface area contributed by atoms with Crippen LogP contribution in [0.2, 0.25) is 0 Å². The van der Waals surface area contributed by atoms with E-state index in [4.69, 9.17) is 24.2 Å².